The second-order valence-corrected chi connectivity index (χ2v) is 8.29. The molecule has 1 aliphatic carbocycles. The summed E-state index contributed by atoms with van der Waals surface area (Å²) >= 11 is 3.50. The standard InChI is InChI=1S/C18H27BrO/c1-18(2,3)15-9-7-14(8-10-15)17(20)12-13-5-4-6-16(19)11-13/h4-6,11,14-15,17,20H,7-10,12H2,1-3H3. The lowest BCUT2D eigenvalue weighted by molar-refractivity contribution is 0.0537. The molecule has 0 heterocycles. The highest BCUT2D eigenvalue weighted by atomic mass is 79.9. The molecule has 0 saturated heterocycles. The summed E-state index contributed by atoms with van der Waals surface area (Å²) in [5, 5.41) is 10.5. The van der Waals surface area contributed by atoms with Crippen LogP contribution in [-0.2, 0) is 6.42 Å². The lowest BCUT2D eigenvalue weighted by Gasteiger charge is -2.38. The second-order valence-electron chi connectivity index (χ2n) is 7.38. The van der Waals surface area contributed by atoms with E-state index < -0.39 is 0 Å². The number of hydrogen-bond donors (Lipinski definition) is 1. The zero-order chi connectivity index (χ0) is 14.8. The molecule has 1 nitrogen and oxygen atoms in total. The normalized spacial score (nSPS) is 25.4. The van der Waals surface area contributed by atoms with Gasteiger partial charge >= 0.3 is 0 Å². The molecular formula is C18H27BrO. The van der Waals surface area contributed by atoms with Gasteiger partial charge in [0.2, 0.25) is 0 Å². The molecule has 1 atom stereocenters. The van der Waals surface area contributed by atoms with Gasteiger partial charge in [0.1, 0.15) is 0 Å². The Balaban J connectivity index is 1.87. The molecule has 1 unspecified atom stereocenters. The first kappa shape index (κ1) is 16.0. The first-order valence-corrected chi connectivity index (χ1v) is 8.58. The fraction of sp³-hybridized carbons (Fsp3) is 0.667. The van der Waals surface area contributed by atoms with E-state index in [0.29, 0.717) is 11.3 Å². The molecule has 20 heavy (non-hydrogen) atoms. The molecule has 2 heteroatoms. The van der Waals surface area contributed by atoms with Crippen LogP contribution in [-0.4, -0.2) is 11.2 Å². The molecule has 0 aliphatic heterocycles. The van der Waals surface area contributed by atoms with Crippen LogP contribution < -0.4 is 0 Å². The van der Waals surface area contributed by atoms with Crippen molar-refractivity contribution in [3.63, 3.8) is 0 Å². The lowest BCUT2D eigenvalue weighted by Crippen LogP contribution is -2.31. The molecule has 1 aromatic carbocycles. The van der Waals surface area contributed by atoms with Gasteiger partial charge in [0, 0.05) is 4.47 Å². The molecule has 2 rings (SSSR count). The topological polar surface area (TPSA) is 20.2 Å². The summed E-state index contributed by atoms with van der Waals surface area (Å²) in [7, 11) is 0. The number of aliphatic hydroxyl groups is 1. The van der Waals surface area contributed by atoms with Crippen LogP contribution >= 0.6 is 15.9 Å². The summed E-state index contributed by atoms with van der Waals surface area (Å²) in [6, 6.07) is 8.30. The van der Waals surface area contributed by atoms with Crippen molar-refractivity contribution < 1.29 is 5.11 Å². The molecule has 1 aliphatic rings. The highest BCUT2D eigenvalue weighted by Crippen LogP contribution is 2.41. The van der Waals surface area contributed by atoms with E-state index in [1.807, 2.05) is 12.1 Å². The average Bonchev–Trinajstić information content (AvgIpc) is 2.38. The van der Waals surface area contributed by atoms with Gasteiger partial charge in [0.25, 0.3) is 0 Å². The highest BCUT2D eigenvalue weighted by Gasteiger charge is 2.32. The molecule has 0 amide bonds. The molecule has 0 radical (unpaired) electrons. The van der Waals surface area contributed by atoms with E-state index in [0.717, 1.165) is 16.8 Å². The molecule has 0 spiro atoms. The number of aliphatic hydroxyl groups excluding tert-OH is 1. The van der Waals surface area contributed by atoms with E-state index in [2.05, 4.69) is 48.8 Å². The van der Waals surface area contributed by atoms with Crippen molar-refractivity contribution in [1.29, 1.82) is 0 Å². The Morgan fingerprint density at radius 3 is 2.40 bits per heavy atom. The summed E-state index contributed by atoms with van der Waals surface area (Å²) < 4.78 is 1.10. The Kier molecular flexibility index (Phi) is 5.30. The van der Waals surface area contributed by atoms with Crippen molar-refractivity contribution in [2.75, 3.05) is 0 Å². The van der Waals surface area contributed by atoms with Crippen molar-refractivity contribution >= 4 is 15.9 Å². The number of rotatable bonds is 3. The third-order valence-corrected chi connectivity index (χ3v) is 5.37. The van der Waals surface area contributed by atoms with E-state index in [4.69, 9.17) is 0 Å². The largest absolute Gasteiger partial charge is 0.392 e. The van der Waals surface area contributed by atoms with Crippen LogP contribution in [0.5, 0.6) is 0 Å². The number of hydrogen-bond acceptors (Lipinski definition) is 1. The van der Waals surface area contributed by atoms with E-state index in [1.165, 1.54) is 31.2 Å². The van der Waals surface area contributed by atoms with Crippen LogP contribution in [0.3, 0.4) is 0 Å². The molecule has 1 fully saturated rings. The highest BCUT2D eigenvalue weighted by molar-refractivity contribution is 9.10. The van der Waals surface area contributed by atoms with Gasteiger partial charge in [-0.05, 0) is 67.1 Å². The number of halogens is 1. The van der Waals surface area contributed by atoms with Gasteiger partial charge in [-0.2, -0.15) is 0 Å². The van der Waals surface area contributed by atoms with Gasteiger partial charge in [-0.1, -0.05) is 48.8 Å². The van der Waals surface area contributed by atoms with Crippen LogP contribution in [0.15, 0.2) is 28.7 Å². The van der Waals surface area contributed by atoms with Crippen LogP contribution in [0.1, 0.15) is 52.0 Å². The van der Waals surface area contributed by atoms with Crippen molar-refractivity contribution in [1.82, 2.24) is 0 Å². The van der Waals surface area contributed by atoms with Gasteiger partial charge in [-0.25, -0.2) is 0 Å². The Labute approximate surface area is 131 Å². The molecule has 0 bridgehead atoms. The SMILES string of the molecule is CC(C)(C)C1CCC(C(O)Cc2cccc(Br)c2)CC1. The van der Waals surface area contributed by atoms with Crippen molar-refractivity contribution in [2.24, 2.45) is 17.3 Å². The Morgan fingerprint density at radius 2 is 1.85 bits per heavy atom. The maximum Gasteiger partial charge on any atom is 0.0608 e. The van der Waals surface area contributed by atoms with E-state index in [9.17, 15) is 5.11 Å². The van der Waals surface area contributed by atoms with Crippen molar-refractivity contribution in [2.45, 2.75) is 59.0 Å². The molecule has 1 aromatic rings. The minimum atomic E-state index is -0.190. The summed E-state index contributed by atoms with van der Waals surface area (Å²) in [6.07, 6.45) is 5.48. The zero-order valence-corrected chi connectivity index (χ0v) is 14.5. The van der Waals surface area contributed by atoms with Crippen LogP contribution in [0.4, 0.5) is 0 Å². The Hall–Kier alpha value is -0.340. The summed E-state index contributed by atoms with van der Waals surface area (Å²) in [5.41, 5.74) is 1.64. The minimum Gasteiger partial charge on any atom is -0.392 e. The maximum absolute atomic E-state index is 10.5. The molecule has 1 saturated carbocycles. The minimum absolute atomic E-state index is 0.190. The predicted molar refractivity (Wildman–Crippen MR) is 88.8 cm³/mol. The molecule has 112 valence electrons. The van der Waals surface area contributed by atoms with Gasteiger partial charge < -0.3 is 5.11 Å². The summed E-state index contributed by atoms with van der Waals surface area (Å²) in [4.78, 5) is 0. The lowest BCUT2D eigenvalue weighted by atomic mass is 9.68. The van der Waals surface area contributed by atoms with Crippen molar-refractivity contribution in [3.05, 3.63) is 34.3 Å². The Bertz CT molecular complexity index is 427. The number of benzene rings is 1. The predicted octanol–water partition coefficient (Wildman–Crippen LogP) is 5.21. The first-order chi connectivity index (χ1) is 9.36. The second kappa shape index (κ2) is 6.62. The molecular weight excluding hydrogens is 312 g/mol. The molecule has 1 N–H and O–H groups in total. The van der Waals surface area contributed by atoms with Crippen molar-refractivity contribution in [3.8, 4) is 0 Å². The molecule has 0 aromatic heterocycles. The first-order valence-electron chi connectivity index (χ1n) is 7.79. The monoisotopic (exact) mass is 338 g/mol. The Morgan fingerprint density at radius 1 is 1.20 bits per heavy atom. The fourth-order valence-electron chi connectivity index (χ4n) is 3.44. The van der Waals surface area contributed by atoms with E-state index in [1.54, 1.807) is 0 Å². The van der Waals surface area contributed by atoms with Crippen LogP contribution in [0.25, 0.3) is 0 Å². The smallest absolute Gasteiger partial charge is 0.0608 e. The quantitative estimate of drug-likeness (QED) is 0.802. The average molecular weight is 339 g/mol. The van der Waals surface area contributed by atoms with Gasteiger partial charge in [-0.15, -0.1) is 0 Å². The summed E-state index contributed by atoms with van der Waals surface area (Å²) in [6.45, 7) is 7.03. The fourth-order valence-corrected chi connectivity index (χ4v) is 3.89. The van der Waals surface area contributed by atoms with Crippen LogP contribution in [0, 0.1) is 17.3 Å². The third kappa shape index (κ3) is 4.33. The summed E-state index contributed by atoms with van der Waals surface area (Å²) in [5.74, 6) is 1.30. The van der Waals surface area contributed by atoms with E-state index in [-0.39, 0.29) is 6.10 Å². The van der Waals surface area contributed by atoms with Gasteiger partial charge in [0.15, 0.2) is 0 Å². The van der Waals surface area contributed by atoms with Gasteiger partial charge in [-0.3, -0.25) is 0 Å². The van der Waals surface area contributed by atoms with Crippen LogP contribution in [0.2, 0.25) is 0 Å². The zero-order valence-electron chi connectivity index (χ0n) is 12.9. The van der Waals surface area contributed by atoms with E-state index >= 15 is 0 Å². The third-order valence-electron chi connectivity index (χ3n) is 4.87. The maximum atomic E-state index is 10.5. The van der Waals surface area contributed by atoms with Gasteiger partial charge in [0.05, 0.1) is 6.10 Å².